The topological polar surface area (TPSA) is 109 Å². The van der Waals surface area contributed by atoms with E-state index in [0.29, 0.717) is 6.42 Å². The lowest BCUT2D eigenvalue weighted by molar-refractivity contribution is -0.137. The number of hydrogen-bond acceptors (Lipinski definition) is 4. The van der Waals surface area contributed by atoms with E-state index in [2.05, 4.69) is 4.72 Å². The second-order valence-corrected chi connectivity index (χ2v) is 5.31. The van der Waals surface area contributed by atoms with Crippen molar-refractivity contribution in [3.05, 3.63) is 0 Å². The third-order valence-electron chi connectivity index (χ3n) is 1.97. The highest BCUT2D eigenvalue weighted by atomic mass is 32.2. The number of aliphatic carboxylic acids is 1. The minimum Gasteiger partial charge on any atom is -0.481 e. The molecular formula is C7H14N2O4S. The predicted octanol–water partition coefficient (Wildman–Crippen LogP) is -1.13. The van der Waals surface area contributed by atoms with Gasteiger partial charge >= 0.3 is 5.97 Å². The molecule has 6 nitrogen and oxygen atoms in total. The van der Waals surface area contributed by atoms with Crippen LogP contribution < -0.4 is 10.5 Å². The maximum Gasteiger partial charge on any atom is 0.303 e. The van der Waals surface area contributed by atoms with Crippen LogP contribution in [0.25, 0.3) is 0 Å². The summed E-state index contributed by atoms with van der Waals surface area (Å²) in [4.78, 5) is 10.1. The van der Waals surface area contributed by atoms with Gasteiger partial charge in [-0.3, -0.25) is 4.79 Å². The van der Waals surface area contributed by atoms with Crippen LogP contribution in [-0.4, -0.2) is 37.3 Å². The number of nitrogens with two attached hydrogens (primary N) is 1. The smallest absolute Gasteiger partial charge is 0.303 e. The van der Waals surface area contributed by atoms with Gasteiger partial charge in [0.1, 0.15) is 0 Å². The lowest BCUT2D eigenvalue weighted by Gasteiger charge is -2.03. The minimum absolute atomic E-state index is 0.0794. The number of carbonyl (C=O) groups is 1. The standard InChI is InChI=1S/C7H14N2O4S/c8-5-4-6(5)9-14(12,13)3-1-2-7(10)11/h5-6,9H,1-4,8H2,(H,10,11). The Kier molecular flexibility index (Phi) is 3.46. The summed E-state index contributed by atoms with van der Waals surface area (Å²) in [6, 6.07) is -0.228. The Morgan fingerprint density at radius 1 is 1.57 bits per heavy atom. The fourth-order valence-electron chi connectivity index (χ4n) is 1.05. The van der Waals surface area contributed by atoms with Crippen molar-refractivity contribution in [2.45, 2.75) is 31.3 Å². The molecule has 14 heavy (non-hydrogen) atoms. The van der Waals surface area contributed by atoms with Crippen molar-refractivity contribution < 1.29 is 18.3 Å². The number of hydrogen-bond donors (Lipinski definition) is 3. The van der Waals surface area contributed by atoms with Gasteiger partial charge < -0.3 is 10.8 Å². The van der Waals surface area contributed by atoms with Crippen LogP contribution in [0.2, 0.25) is 0 Å². The zero-order valence-corrected chi connectivity index (χ0v) is 8.46. The van der Waals surface area contributed by atoms with Gasteiger partial charge in [0, 0.05) is 18.5 Å². The molecule has 2 atom stereocenters. The van der Waals surface area contributed by atoms with Crippen LogP contribution in [0, 0.1) is 0 Å². The molecule has 1 aliphatic carbocycles. The highest BCUT2D eigenvalue weighted by Crippen LogP contribution is 2.18. The Morgan fingerprint density at radius 2 is 2.14 bits per heavy atom. The Bertz CT molecular complexity index is 314. The van der Waals surface area contributed by atoms with E-state index in [4.69, 9.17) is 10.8 Å². The van der Waals surface area contributed by atoms with Gasteiger partial charge in [-0.15, -0.1) is 0 Å². The van der Waals surface area contributed by atoms with Crippen molar-refractivity contribution in [3.63, 3.8) is 0 Å². The summed E-state index contributed by atoms with van der Waals surface area (Å²) in [7, 11) is -3.34. The molecule has 0 aromatic carbocycles. The SMILES string of the molecule is NC1CC1NS(=O)(=O)CCCC(=O)O. The molecule has 2 unspecified atom stereocenters. The molecule has 1 fully saturated rings. The van der Waals surface area contributed by atoms with E-state index in [0.717, 1.165) is 0 Å². The third-order valence-corrected chi connectivity index (χ3v) is 3.46. The van der Waals surface area contributed by atoms with Gasteiger partial charge in [0.05, 0.1) is 5.75 Å². The zero-order chi connectivity index (χ0) is 10.8. The molecule has 4 N–H and O–H groups in total. The summed E-state index contributed by atoms with van der Waals surface area (Å²) < 4.78 is 24.9. The van der Waals surface area contributed by atoms with Gasteiger partial charge in [0.15, 0.2) is 0 Å². The third kappa shape index (κ3) is 4.03. The monoisotopic (exact) mass is 222 g/mol. The van der Waals surface area contributed by atoms with Crippen LogP contribution in [0.3, 0.4) is 0 Å². The van der Waals surface area contributed by atoms with Crippen molar-refractivity contribution >= 4 is 16.0 Å². The lowest BCUT2D eigenvalue weighted by atomic mass is 10.3. The van der Waals surface area contributed by atoms with E-state index < -0.39 is 16.0 Å². The van der Waals surface area contributed by atoms with Crippen molar-refractivity contribution in [2.24, 2.45) is 5.73 Å². The number of nitrogens with one attached hydrogen (secondary N) is 1. The van der Waals surface area contributed by atoms with Gasteiger partial charge in [-0.05, 0) is 12.8 Å². The Labute approximate surface area is 82.5 Å². The molecular weight excluding hydrogens is 208 g/mol. The first-order valence-corrected chi connectivity index (χ1v) is 6.03. The van der Waals surface area contributed by atoms with Crippen LogP contribution in [0.4, 0.5) is 0 Å². The average molecular weight is 222 g/mol. The molecule has 0 aromatic rings. The fourth-order valence-corrected chi connectivity index (χ4v) is 2.43. The maximum absolute atomic E-state index is 11.2. The van der Waals surface area contributed by atoms with E-state index in [1.54, 1.807) is 0 Å². The quantitative estimate of drug-likeness (QED) is 0.527. The molecule has 1 rings (SSSR count). The minimum atomic E-state index is -3.34. The molecule has 0 spiro atoms. The second kappa shape index (κ2) is 4.24. The van der Waals surface area contributed by atoms with E-state index in [-0.39, 0.29) is 30.7 Å². The molecule has 0 heterocycles. The van der Waals surface area contributed by atoms with Gasteiger partial charge in [0.25, 0.3) is 0 Å². The van der Waals surface area contributed by atoms with Crippen LogP contribution in [-0.2, 0) is 14.8 Å². The van der Waals surface area contributed by atoms with Crippen LogP contribution in [0.5, 0.6) is 0 Å². The van der Waals surface area contributed by atoms with Crippen LogP contribution >= 0.6 is 0 Å². The van der Waals surface area contributed by atoms with Gasteiger partial charge in [-0.2, -0.15) is 0 Å². The number of rotatable bonds is 6. The molecule has 0 amide bonds. The number of carboxylic acid groups (broad SMARTS) is 1. The maximum atomic E-state index is 11.2. The molecule has 7 heteroatoms. The largest absolute Gasteiger partial charge is 0.481 e. The molecule has 82 valence electrons. The molecule has 1 saturated carbocycles. The van der Waals surface area contributed by atoms with E-state index >= 15 is 0 Å². The Hall–Kier alpha value is -0.660. The number of carboxylic acids is 1. The van der Waals surface area contributed by atoms with Crippen LogP contribution in [0.1, 0.15) is 19.3 Å². The van der Waals surface area contributed by atoms with E-state index in [1.807, 2.05) is 0 Å². The second-order valence-electron chi connectivity index (χ2n) is 3.44. The predicted molar refractivity (Wildman–Crippen MR) is 50.2 cm³/mol. The van der Waals surface area contributed by atoms with Crippen molar-refractivity contribution in [1.29, 1.82) is 0 Å². The van der Waals surface area contributed by atoms with E-state index in [1.165, 1.54) is 0 Å². The van der Waals surface area contributed by atoms with Gasteiger partial charge in [0.2, 0.25) is 10.0 Å². The zero-order valence-electron chi connectivity index (χ0n) is 7.64. The van der Waals surface area contributed by atoms with Crippen molar-refractivity contribution in [1.82, 2.24) is 4.72 Å². The molecule has 1 aliphatic rings. The number of sulfonamides is 1. The normalized spacial score (nSPS) is 26.1. The first kappa shape index (κ1) is 11.4. The van der Waals surface area contributed by atoms with Gasteiger partial charge in [-0.1, -0.05) is 0 Å². The van der Waals surface area contributed by atoms with E-state index in [9.17, 15) is 13.2 Å². The lowest BCUT2D eigenvalue weighted by Crippen LogP contribution is -2.31. The van der Waals surface area contributed by atoms with Crippen LogP contribution in [0.15, 0.2) is 0 Å². The molecule has 0 saturated heterocycles. The highest BCUT2D eigenvalue weighted by molar-refractivity contribution is 7.89. The first-order valence-electron chi connectivity index (χ1n) is 4.38. The average Bonchev–Trinajstić information content (AvgIpc) is 2.63. The fraction of sp³-hybridized carbons (Fsp3) is 0.857. The first-order chi connectivity index (χ1) is 6.41. The summed E-state index contributed by atoms with van der Waals surface area (Å²) in [5.74, 6) is -1.13. The summed E-state index contributed by atoms with van der Waals surface area (Å²) in [6.45, 7) is 0. The summed E-state index contributed by atoms with van der Waals surface area (Å²) >= 11 is 0. The van der Waals surface area contributed by atoms with Crippen molar-refractivity contribution in [2.75, 3.05) is 5.75 Å². The molecule has 0 aromatic heterocycles. The van der Waals surface area contributed by atoms with Crippen molar-refractivity contribution in [3.8, 4) is 0 Å². The van der Waals surface area contributed by atoms with Gasteiger partial charge in [-0.25, -0.2) is 13.1 Å². The molecule has 0 bridgehead atoms. The molecule has 0 aliphatic heterocycles. The summed E-state index contributed by atoms with van der Waals surface area (Å²) in [5.41, 5.74) is 5.43. The molecule has 0 radical (unpaired) electrons. The summed E-state index contributed by atoms with van der Waals surface area (Å²) in [6.07, 6.45) is 0.669. The highest BCUT2D eigenvalue weighted by Gasteiger charge is 2.36. The Morgan fingerprint density at radius 3 is 2.57 bits per heavy atom. The summed E-state index contributed by atoms with van der Waals surface area (Å²) in [5, 5.41) is 8.31. The Balaban J connectivity index is 2.24.